The normalized spacial score (nSPS) is 19.1. The summed E-state index contributed by atoms with van der Waals surface area (Å²) >= 11 is 0. The number of rotatable bonds is 3. The van der Waals surface area contributed by atoms with Crippen molar-refractivity contribution in [3.63, 3.8) is 0 Å². The SMILES string of the molecule is CC(C)(C)NCc1ccc(N2CCOC(C)(C)C2)nn1. The van der Waals surface area contributed by atoms with Crippen molar-refractivity contribution in [3.8, 4) is 0 Å². The van der Waals surface area contributed by atoms with Gasteiger partial charge >= 0.3 is 0 Å². The smallest absolute Gasteiger partial charge is 0.151 e. The Kier molecular flexibility index (Phi) is 4.30. The zero-order valence-corrected chi connectivity index (χ0v) is 13.2. The predicted octanol–water partition coefficient (Wildman–Crippen LogP) is 1.98. The Morgan fingerprint density at radius 2 is 2.05 bits per heavy atom. The number of ether oxygens (including phenoxy) is 1. The summed E-state index contributed by atoms with van der Waals surface area (Å²) < 4.78 is 5.72. The topological polar surface area (TPSA) is 50.3 Å². The van der Waals surface area contributed by atoms with Crippen LogP contribution < -0.4 is 10.2 Å². The van der Waals surface area contributed by atoms with Gasteiger partial charge in [0, 0.05) is 25.2 Å². The van der Waals surface area contributed by atoms with E-state index in [4.69, 9.17) is 4.74 Å². The van der Waals surface area contributed by atoms with Crippen molar-refractivity contribution in [2.75, 3.05) is 24.6 Å². The molecule has 0 spiro atoms. The molecule has 5 nitrogen and oxygen atoms in total. The van der Waals surface area contributed by atoms with E-state index in [1.54, 1.807) is 0 Å². The Labute approximate surface area is 121 Å². The third kappa shape index (κ3) is 4.42. The molecule has 1 aliphatic heterocycles. The van der Waals surface area contributed by atoms with Crippen molar-refractivity contribution in [3.05, 3.63) is 17.8 Å². The van der Waals surface area contributed by atoms with E-state index in [9.17, 15) is 0 Å². The van der Waals surface area contributed by atoms with E-state index in [1.165, 1.54) is 0 Å². The van der Waals surface area contributed by atoms with E-state index in [0.29, 0.717) is 0 Å². The highest BCUT2D eigenvalue weighted by Crippen LogP contribution is 2.20. The summed E-state index contributed by atoms with van der Waals surface area (Å²) in [5.41, 5.74) is 0.942. The molecule has 1 N–H and O–H groups in total. The van der Waals surface area contributed by atoms with Gasteiger partial charge in [0.05, 0.1) is 17.9 Å². The van der Waals surface area contributed by atoms with Crippen molar-refractivity contribution in [1.29, 1.82) is 0 Å². The van der Waals surface area contributed by atoms with Crippen LogP contribution in [0.15, 0.2) is 12.1 Å². The van der Waals surface area contributed by atoms with Gasteiger partial charge in [-0.25, -0.2) is 0 Å². The lowest BCUT2D eigenvalue weighted by molar-refractivity contribution is -0.0279. The maximum Gasteiger partial charge on any atom is 0.151 e. The number of nitrogens with zero attached hydrogens (tertiary/aromatic N) is 3. The average Bonchev–Trinajstić information content (AvgIpc) is 2.35. The van der Waals surface area contributed by atoms with Crippen LogP contribution in [0.2, 0.25) is 0 Å². The van der Waals surface area contributed by atoms with Gasteiger partial charge in [0.1, 0.15) is 0 Å². The van der Waals surface area contributed by atoms with Gasteiger partial charge in [0.15, 0.2) is 5.82 Å². The van der Waals surface area contributed by atoms with E-state index in [0.717, 1.165) is 37.8 Å². The molecule has 2 heterocycles. The van der Waals surface area contributed by atoms with E-state index >= 15 is 0 Å². The van der Waals surface area contributed by atoms with Gasteiger partial charge in [0.25, 0.3) is 0 Å². The lowest BCUT2D eigenvalue weighted by atomic mass is 10.1. The van der Waals surface area contributed by atoms with Gasteiger partial charge in [-0.1, -0.05) is 0 Å². The molecule has 0 bridgehead atoms. The first-order chi connectivity index (χ1) is 9.25. The molecule has 112 valence electrons. The summed E-state index contributed by atoms with van der Waals surface area (Å²) in [5, 5.41) is 12.1. The molecule has 1 fully saturated rings. The van der Waals surface area contributed by atoms with Crippen molar-refractivity contribution >= 4 is 5.82 Å². The lowest BCUT2D eigenvalue weighted by Gasteiger charge is -2.38. The molecular weight excluding hydrogens is 252 g/mol. The number of anilines is 1. The standard InChI is InChI=1S/C15H26N4O/c1-14(2,3)16-10-12-6-7-13(18-17-12)19-8-9-20-15(4,5)11-19/h6-7,16H,8-11H2,1-5H3. The number of nitrogens with one attached hydrogen (secondary N) is 1. The molecule has 1 saturated heterocycles. The van der Waals surface area contributed by atoms with Crippen LogP contribution in [0.3, 0.4) is 0 Å². The van der Waals surface area contributed by atoms with Crippen LogP contribution in [0.25, 0.3) is 0 Å². The highest BCUT2D eigenvalue weighted by atomic mass is 16.5. The third-order valence-electron chi connectivity index (χ3n) is 3.26. The zero-order valence-electron chi connectivity index (χ0n) is 13.2. The first-order valence-corrected chi connectivity index (χ1v) is 7.22. The minimum Gasteiger partial charge on any atom is -0.372 e. The average molecular weight is 278 g/mol. The molecule has 0 aromatic carbocycles. The number of hydrogen-bond donors (Lipinski definition) is 1. The fourth-order valence-electron chi connectivity index (χ4n) is 2.18. The Morgan fingerprint density at radius 3 is 2.60 bits per heavy atom. The van der Waals surface area contributed by atoms with Gasteiger partial charge in [-0.3, -0.25) is 0 Å². The number of aromatic nitrogens is 2. The lowest BCUT2D eigenvalue weighted by Crippen LogP contribution is -2.48. The minimum atomic E-state index is -0.119. The summed E-state index contributed by atoms with van der Waals surface area (Å²) in [4.78, 5) is 2.23. The summed E-state index contributed by atoms with van der Waals surface area (Å²) in [7, 11) is 0. The molecule has 20 heavy (non-hydrogen) atoms. The Balaban J connectivity index is 1.97. The van der Waals surface area contributed by atoms with E-state index < -0.39 is 0 Å². The molecule has 1 aromatic rings. The molecular formula is C15H26N4O. The van der Waals surface area contributed by atoms with Crippen LogP contribution in [-0.4, -0.2) is 41.0 Å². The van der Waals surface area contributed by atoms with E-state index in [-0.39, 0.29) is 11.1 Å². The van der Waals surface area contributed by atoms with Crippen LogP contribution in [-0.2, 0) is 11.3 Å². The van der Waals surface area contributed by atoms with Crippen molar-refractivity contribution in [1.82, 2.24) is 15.5 Å². The van der Waals surface area contributed by atoms with Gasteiger partial charge in [0.2, 0.25) is 0 Å². The Hall–Kier alpha value is -1.20. The maximum atomic E-state index is 5.72. The van der Waals surface area contributed by atoms with Crippen LogP contribution in [0.1, 0.15) is 40.3 Å². The van der Waals surface area contributed by atoms with Gasteiger partial charge < -0.3 is 15.0 Å². The highest BCUT2D eigenvalue weighted by molar-refractivity contribution is 5.38. The zero-order chi connectivity index (χ0) is 14.8. The Bertz CT molecular complexity index is 436. The molecule has 0 amide bonds. The van der Waals surface area contributed by atoms with Crippen LogP contribution in [0.4, 0.5) is 5.82 Å². The second kappa shape index (κ2) is 5.66. The van der Waals surface area contributed by atoms with Gasteiger partial charge in [-0.2, -0.15) is 5.10 Å². The molecule has 0 atom stereocenters. The van der Waals surface area contributed by atoms with Crippen LogP contribution >= 0.6 is 0 Å². The number of morpholine rings is 1. The van der Waals surface area contributed by atoms with Crippen molar-refractivity contribution < 1.29 is 4.74 Å². The fourth-order valence-corrected chi connectivity index (χ4v) is 2.18. The maximum absolute atomic E-state index is 5.72. The first kappa shape index (κ1) is 15.2. The largest absolute Gasteiger partial charge is 0.372 e. The first-order valence-electron chi connectivity index (χ1n) is 7.22. The molecule has 0 unspecified atom stereocenters. The minimum absolute atomic E-state index is 0.0918. The van der Waals surface area contributed by atoms with Gasteiger partial charge in [-0.05, 0) is 46.8 Å². The summed E-state index contributed by atoms with van der Waals surface area (Å²) in [6, 6.07) is 4.09. The molecule has 0 aliphatic carbocycles. The second-order valence-corrected chi connectivity index (χ2v) is 7.02. The van der Waals surface area contributed by atoms with Crippen molar-refractivity contribution in [2.24, 2.45) is 0 Å². The fraction of sp³-hybridized carbons (Fsp3) is 0.733. The Morgan fingerprint density at radius 1 is 1.30 bits per heavy atom. The quantitative estimate of drug-likeness (QED) is 0.916. The summed E-state index contributed by atoms with van der Waals surface area (Å²) in [6.07, 6.45) is 0. The molecule has 2 rings (SSSR count). The molecule has 0 saturated carbocycles. The molecule has 1 aliphatic rings. The van der Waals surface area contributed by atoms with Crippen LogP contribution in [0.5, 0.6) is 0 Å². The molecule has 0 radical (unpaired) electrons. The van der Waals surface area contributed by atoms with E-state index in [2.05, 4.69) is 55.0 Å². The third-order valence-corrected chi connectivity index (χ3v) is 3.26. The van der Waals surface area contributed by atoms with Gasteiger partial charge in [-0.15, -0.1) is 5.10 Å². The highest BCUT2D eigenvalue weighted by Gasteiger charge is 2.28. The molecule has 5 heteroatoms. The molecule has 1 aromatic heterocycles. The van der Waals surface area contributed by atoms with E-state index in [1.807, 2.05) is 12.1 Å². The monoisotopic (exact) mass is 278 g/mol. The van der Waals surface area contributed by atoms with Crippen molar-refractivity contribution in [2.45, 2.75) is 52.3 Å². The second-order valence-electron chi connectivity index (χ2n) is 7.02. The predicted molar refractivity (Wildman–Crippen MR) is 80.9 cm³/mol. The summed E-state index contributed by atoms with van der Waals surface area (Å²) in [5.74, 6) is 0.931. The number of hydrogen-bond acceptors (Lipinski definition) is 5. The summed E-state index contributed by atoms with van der Waals surface area (Å²) in [6.45, 7) is 13.8. The van der Waals surface area contributed by atoms with Crippen LogP contribution in [0, 0.1) is 0 Å².